The molecule has 0 unspecified atom stereocenters. The molecular formula is C16H15NO3. The number of aromatic carboxylic acids is 1. The highest BCUT2D eigenvalue weighted by atomic mass is 16.4. The molecule has 0 spiro atoms. The van der Waals surface area contributed by atoms with E-state index < -0.39 is 5.97 Å². The lowest BCUT2D eigenvalue weighted by Gasteiger charge is -2.22. The molecule has 0 saturated carbocycles. The maximum absolute atomic E-state index is 12.3. The molecule has 1 heterocycles. The Morgan fingerprint density at radius 3 is 2.60 bits per heavy atom. The summed E-state index contributed by atoms with van der Waals surface area (Å²) in [6.45, 7) is 1.69. The van der Waals surface area contributed by atoms with E-state index in [2.05, 4.69) is 4.98 Å². The fourth-order valence-electron chi connectivity index (χ4n) is 3.01. The van der Waals surface area contributed by atoms with Gasteiger partial charge in [0.15, 0.2) is 5.78 Å². The highest BCUT2D eigenvalue weighted by Gasteiger charge is 2.31. The first-order chi connectivity index (χ1) is 9.58. The third-order valence-electron chi connectivity index (χ3n) is 3.97. The summed E-state index contributed by atoms with van der Waals surface area (Å²) in [4.78, 5) is 26.4. The average Bonchev–Trinajstić information content (AvgIpc) is 2.77. The Bertz CT molecular complexity index is 685. The number of hydrogen-bond acceptors (Lipinski definition) is 2. The maximum Gasteiger partial charge on any atom is 0.352 e. The van der Waals surface area contributed by atoms with Crippen LogP contribution in [-0.4, -0.2) is 21.8 Å². The van der Waals surface area contributed by atoms with Crippen LogP contribution in [0.15, 0.2) is 30.3 Å². The van der Waals surface area contributed by atoms with Crippen LogP contribution in [0, 0.1) is 6.92 Å². The number of carboxylic acid groups (broad SMARTS) is 1. The van der Waals surface area contributed by atoms with Gasteiger partial charge in [-0.3, -0.25) is 4.79 Å². The van der Waals surface area contributed by atoms with Gasteiger partial charge in [0.2, 0.25) is 0 Å². The number of rotatable bonds is 2. The zero-order chi connectivity index (χ0) is 14.3. The summed E-state index contributed by atoms with van der Waals surface area (Å²) < 4.78 is 0. The molecule has 0 radical (unpaired) electrons. The molecule has 4 heteroatoms. The molecule has 3 rings (SSSR count). The average molecular weight is 269 g/mol. The van der Waals surface area contributed by atoms with Crippen LogP contribution in [-0.2, 0) is 6.42 Å². The molecule has 2 N–H and O–H groups in total. The molecule has 1 aromatic carbocycles. The monoisotopic (exact) mass is 269 g/mol. The second kappa shape index (κ2) is 4.63. The number of aromatic nitrogens is 1. The lowest BCUT2D eigenvalue weighted by Crippen LogP contribution is -2.18. The van der Waals surface area contributed by atoms with Gasteiger partial charge in [-0.15, -0.1) is 0 Å². The molecule has 102 valence electrons. The van der Waals surface area contributed by atoms with E-state index in [-0.39, 0.29) is 17.4 Å². The van der Waals surface area contributed by atoms with Crippen LogP contribution in [0.3, 0.4) is 0 Å². The van der Waals surface area contributed by atoms with Gasteiger partial charge in [0.05, 0.1) is 0 Å². The van der Waals surface area contributed by atoms with Crippen molar-refractivity contribution in [3.05, 3.63) is 58.4 Å². The van der Waals surface area contributed by atoms with Gasteiger partial charge in [-0.2, -0.15) is 0 Å². The number of fused-ring (bicyclic) bond motifs is 1. The zero-order valence-corrected chi connectivity index (χ0v) is 11.1. The lowest BCUT2D eigenvalue weighted by atomic mass is 9.81. The van der Waals surface area contributed by atoms with E-state index in [1.165, 1.54) is 0 Å². The Balaban J connectivity index is 2.02. The van der Waals surface area contributed by atoms with Gasteiger partial charge in [0, 0.05) is 17.7 Å². The van der Waals surface area contributed by atoms with Gasteiger partial charge in [-0.1, -0.05) is 30.3 Å². The van der Waals surface area contributed by atoms with E-state index in [9.17, 15) is 9.59 Å². The topological polar surface area (TPSA) is 70.2 Å². The number of carbonyl (C=O) groups excluding carboxylic acids is 1. The first-order valence-corrected chi connectivity index (χ1v) is 6.60. The molecule has 0 aliphatic heterocycles. The normalized spacial score (nSPS) is 17.9. The van der Waals surface area contributed by atoms with E-state index in [1.807, 2.05) is 30.3 Å². The lowest BCUT2D eigenvalue weighted by molar-refractivity contribution is 0.0690. The third-order valence-corrected chi connectivity index (χ3v) is 3.97. The summed E-state index contributed by atoms with van der Waals surface area (Å²) in [5.74, 6) is -0.863. The number of carboxylic acids is 1. The summed E-state index contributed by atoms with van der Waals surface area (Å²) in [6.07, 6.45) is 1.12. The number of ketones is 1. The Morgan fingerprint density at radius 1 is 1.25 bits per heavy atom. The zero-order valence-electron chi connectivity index (χ0n) is 11.1. The van der Waals surface area contributed by atoms with E-state index in [0.717, 1.165) is 11.3 Å². The minimum atomic E-state index is -1.01. The Labute approximate surface area is 116 Å². The molecule has 1 aliphatic carbocycles. The number of H-pyrrole nitrogens is 1. The fraction of sp³-hybridized carbons (Fsp3) is 0.250. The number of hydrogen-bond donors (Lipinski definition) is 2. The van der Waals surface area contributed by atoms with Crippen LogP contribution < -0.4 is 0 Å². The minimum absolute atomic E-state index is 0.0290. The highest BCUT2D eigenvalue weighted by Crippen LogP contribution is 2.34. The molecular weight excluding hydrogens is 254 g/mol. The van der Waals surface area contributed by atoms with Crippen molar-refractivity contribution in [2.45, 2.75) is 25.7 Å². The first kappa shape index (κ1) is 12.7. The molecule has 0 fully saturated rings. The van der Waals surface area contributed by atoms with Crippen LogP contribution in [0.1, 0.15) is 50.0 Å². The molecule has 1 atom stereocenters. The van der Waals surface area contributed by atoms with Crippen molar-refractivity contribution in [3.63, 3.8) is 0 Å². The summed E-state index contributed by atoms with van der Waals surface area (Å²) in [5.41, 5.74) is 3.15. The second-order valence-corrected chi connectivity index (χ2v) is 5.22. The van der Waals surface area contributed by atoms with Gasteiger partial charge in [0.1, 0.15) is 5.69 Å². The molecule has 20 heavy (non-hydrogen) atoms. The Hall–Kier alpha value is -2.36. The van der Waals surface area contributed by atoms with E-state index in [4.69, 9.17) is 5.11 Å². The number of benzene rings is 1. The first-order valence-electron chi connectivity index (χ1n) is 6.60. The van der Waals surface area contributed by atoms with Crippen LogP contribution in [0.2, 0.25) is 0 Å². The second-order valence-electron chi connectivity index (χ2n) is 5.22. The summed E-state index contributed by atoms with van der Waals surface area (Å²) in [6, 6.07) is 9.88. The van der Waals surface area contributed by atoms with Gasteiger partial charge in [-0.25, -0.2) is 4.79 Å². The van der Waals surface area contributed by atoms with Gasteiger partial charge >= 0.3 is 5.97 Å². The van der Waals surface area contributed by atoms with Crippen molar-refractivity contribution >= 4 is 11.8 Å². The number of nitrogens with one attached hydrogen (secondary N) is 1. The Kier molecular flexibility index (Phi) is 2.93. The van der Waals surface area contributed by atoms with Gasteiger partial charge in [-0.05, 0) is 30.4 Å². The molecule has 4 nitrogen and oxygen atoms in total. The smallest absolute Gasteiger partial charge is 0.352 e. The SMILES string of the molecule is Cc1c(C(=O)O)[nH]c2c1C(=O)C[C@@H](c1ccccc1)C2. The van der Waals surface area contributed by atoms with Crippen LogP contribution >= 0.6 is 0 Å². The van der Waals surface area contributed by atoms with Crippen molar-refractivity contribution < 1.29 is 14.7 Å². The van der Waals surface area contributed by atoms with Gasteiger partial charge < -0.3 is 10.1 Å². The number of aromatic amines is 1. The van der Waals surface area contributed by atoms with Crippen LogP contribution in [0.4, 0.5) is 0 Å². The van der Waals surface area contributed by atoms with Crippen molar-refractivity contribution in [1.29, 1.82) is 0 Å². The van der Waals surface area contributed by atoms with E-state index >= 15 is 0 Å². The molecule has 0 amide bonds. The molecule has 0 bridgehead atoms. The molecule has 2 aromatic rings. The van der Waals surface area contributed by atoms with Crippen molar-refractivity contribution in [1.82, 2.24) is 4.98 Å². The van der Waals surface area contributed by atoms with Crippen LogP contribution in [0.25, 0.3) is 0 Å². The minimum Gasteiger partial charge on any atom is -0.477 e. The largest absolute Gasteiger partial charge is 0.477 e. The van der Waals surface area contributed by atoms with E-state index in [0.29, 0.717) is 24.0 Å². The van der Waals surface area contributed by atoms with E-state index in [1.54, 1.807) is 6.92 Å². The molecule has 0 saturated heterocycles. The van der Waals surface area contributed by atoms with Crippen molar-refractivity contribution in [2.75, 3.05) is 0 Å². The molecule has 1 aliphatic rings. The maximum atomic E-state index is 12.3. The third kappa shape index (κ3) is 1.93. The summed E-state index contributed by atoms with van der Waals surface area (Å²) in [7, 11) is 0. The predicted octanol–water partition coefficient (Wildman–Crippen LogP) is 2.93. The number of Topliss-reactive ketones (excluding diaryl/α,β-unsaturated/α-hetero) is 1. The van der Waals surface area contributed by atoms with Crippen molar-refractivity contribution in [2.24, 2.45) is 0 Å². The Morgan fingerprint density at radius 2 is 1.95 bits per heavy atom. The highest BCUT2D eigenvalue weighted by molar-refractivity contribution is 6.03. The summed E-state index contributed by atoms with van der Waals surface area (Å²) in [5, 5.41) is 9.14. The van der Waals surface area contributed by atoms with Crippen molar-refractivity contribution in [3.8, 4) is 0 Å². The van der Waals surface area contributed by atoms with Crippen LogP contribution in [0.5, 0.6) is 0 Å². The predicted molar refractivity (Wildman–Crippen MR) is 74.3 cm³/mol. The summed E-state index contributed by atoms with van der Waals surface area (Å²) >= 11 is 0. The quantitative estimate of drug-likeness (QED) is 0.880. The standard InChI is InChI=1S/C16H15NO3/c1-9-14-12(17-15(9)16(19)20)7-11(8-13(14)18)10-5-3-2-4-6-10/h2-6,11,17H,7-8H2,1H3,(H,19,20)/t11-/m0/s1. The van der Waals surface area contributed by atoms with Gasteiger partial charge in [0.25, 0.3) is 0 Å². The molecule has 1 aromatic heterocycles. The fourth-order valence-corrected chi connectivity index (χ4v) is 3.01. The number of carbonyl (C=O) groups is 2.